The van der Waals surface area contributed by atoms with Crippen LogP contribution in [0.25, 0.3) is 0 Å². The fraction of sp³-hybridized carbons (Fsp3) is 0.529. The van der Waals surface area contributed by atoms with Crippen molar-refractivity contribution in [3.8, 4) is 0 Å². The first-order chi connectivity index (χ1) is 9.17. The number of anilines is 1. The number of carbonyl (C=O) groups excluding carboxylic acids is 2. The number of benzene rings is 1. The van der Waals surface area contributed by atoms with Crippen molar-refractivity contribution < 1.29 is 9.59 Å². The Hall–Kier alpha value is -1.64. The minimum absolute atomic E-state index is 0.00204. The zero-order valence-corrected chi connectivity index (χ0v) is 13.1. The molecule has 20 heavy (non-hydrogen) atoms. The van der Waals surface area contributed by atoms with Crippen molar-refractivity contribution in [2.75, 3.05) is 5.32 Å². The molecule has 1 unspecified atom stereocenters. The van der Waals surface area contributed by atoms with E-state index in [4.69, 9.17) is 0 Å². The molecule has 0 aliphatic rings. The van der Waals surface area contributed by atoms with Gasteiger partial charge < -0.3 is 5.32 Å². The van der Waals surface area contributed by atoms with E-state index in [9.17, 15) is 9.59 Å². The fourth-order valence-electron chi connectivity index (χ4n) is 2.46. The van der Waals surface area contributed by atoms with Gasteiger partial charge in [0.05, 0.1) is 0 Å². The van der Waals surface area contributed by atoms with Gasteiger partial charge in [-0.2, -0.15) is 0 Å². The molecule has 0 saturated carbocycles. The van der Waals surface area contributed by atoms with Gasteiger partial charge >= 0.3 is 0 Å². The Bertz CT molecular complexity index is 486. The summed E-state index contributed by atoms with van der Waals surface area (Å²) in [5.41, 5.74) is 1.53. The monoisotopic (exact) mass is 275 g/mol. The fourth-order valence-corrected chi connectivity index (χ4v) is 2.46. The summed E-state index contributed by atoms with van der Waals surface area (Å²) in [5.74, 6) is 0.343. The van der Waals surface area contributed by atoms with Gasteiger partial charge in [-0.1, -0.05) is 39.8 Å². The van der Waals surface area contributed by atoms with Gasteiger partial charge in [0, 0.05) is 17.7 Å². The standard InChI is InChI=1S/C17H25NO2/c1-12(11-17(3,4)5)9-16(20)18-15-8-6-7-14(10-15)13(2)19/h6-8,10,12H,9,11H2,1-5H3,(H,18,20). The van der Waals surface area contributed by atoms with Crippen molar-refractivity contribution in [3.05, 3.63) is 29.8 Å². The molecule has 110 valence electrons. The van der Waals surface area contributed by atoms with Crippen LogP contribution in [0.1, 0.15) is 57.8 Å². The second kappa shape index (κ2) is 6.69. The van der Waals surface area contributed by atoms with E-state index in [-0.39, 0.29) is 17.1 Å². The van der Waals surface area contributed by atoms with E-state index >= 15 is 0 Å². The molecule has 0 radical (unpaired) electrons. The number of hydrogen-bond acceptors (Lipinski definition) is 2. The second-order valence-electron chi connectivity index (χ2n) is 6.76. The average molecular weight is 275 g/mol. The number of hydrogen-bond donors (Lipinski definition) is 1. The summed E-state index contributed by atoms with van der Waals surface area (Å²) in [6.45, 7) is 10.1. The molecule has 0 saturated heterocycles. The van der Waals surface area contributed by atoms with E-state index in [2.05, 4.69) is 33.0 Å². The maximum Gasteiger partial charge on any atom is 0.224 e. The Labute approximate surface area is 121 Å². The minimum Gasteiger partial charge on any atom is -0.326 e. The van der Waals surface area contributed by atoms with Gasteiger partial charge in [0.25, 0.3) is 0 Å². The molecule has 1 aromatic carbocycles. The summed E-state index contributed by atoms with van der Waals surface area (Å²) in [6.07, 6.45) is 1.51. The molecule has 0 spiro atoms. The predicted octanol–water partition coefficient (Wildman–Crippen LogP) is 4.29. The van der Waals surface area contributed by atoms with Crippen LogP contribution in [0.4, 0.5) is 5.69 Å². The number of Topliss-reactive ketones (excluding diaryl/α,β-unsaturated/α-hetero) is 1. The maximum absolute atomic E-state index is 12.0. The lowest BCUT2D eigenvalue weighted by molar-refractivity contribution is -0.117. The lowest BCUT2D eigenvalue weighted by Crippen LogP contribution is -2.19. The van der Waals surface area contributed by atoms with Gasteiger partial charge in [-0.3, -0.25) is 9.59 Å². The quantitative estimate of drug-likeness (QED) is 0.815. The van der Waals surface area contributed by atoms with Gasteiger partial charge in [-0.15, -0.1) is 0 Å². The zero-order chi connectivity index (χ0) is 15.3. The van der Waals surface area contributed by atoms with Gasteiger partial charge in [-0.05, 0) is 36.8 Å². The highest BCUT2D eigenvalue weighted by molar-refractivity contribution is 5.97. The summed E-state index contributed by atoms with van der Waals surface area (Å²) in [5, 5.41) is 2.86. The Morgan fingerprint density at radius 2 is 1.90 bits per heavy atom. The predicted molar refractivity (Wildman–Crippen MR) is 82.9 cm³/mol. The first kappa shape index (κ1) is 16.4. The SMILES string of the molecule is CC(=O)c1cccc(NC(=O)CC(C)CC(C)(C)C)c1. The molecule has 0 fully saturated rings. The Morgan fingerprint density at radius 3 is 2.45 bits per heavy atom. The number of ketones is 1. The lowest BCUT2D eigenvalue weighted by atomic mass is 9.84. The van der Waals surface area contributed by atoms with Crippen LogP contribution in [0.3, 0.4) is 0 Å². The third kappa shape index (κ3) is 6.00. The van der Waals surface area contributed by atoms with Crippen molar-refractivity contribution in [3.63, 3.8) is 0 Å². The largest absolute Gasteiger partial charge is 0.326 e. The molecular weight excluding hydrogens is 250 g/mol. The molecule has 1 aromatic rings. The third-order valence-electron chi connectivity index (χ3n) is 3.05. The molecule has 0 aromatic heterocycles. The summed E-state index contributed by atoms with van der Waals surface area (Å²) in [6, 6.07) is 7.05. The summed E-state index contributed by atoms with van der Waals surface area (Å²) >= 11 is 0. The van der Waals surface area contributed by atoms with Crippen molar-refractivity contribution >= 4 is 17.4 Å². The maximum atomic E-state index is 12.0. The van der Waals surface area contributed by atoms with Crippen LogP contribution >= 0.6 is 0 Å². The van der Waals surface area contributed by atoms with Gasteiger partial charge in [0.1, 0.15) is 0 Å². The average Bonchev–Trinajstić information content (AvgIpc) is 2.25. The molecule has 0 aliphatic heterocycles. The highest BCUT2D eigenvalue weighted by atomic mass is 16.1. The van der Waals surface area contributed by atoms with Crippen LogP contribution in [0.5, 0.6) is 0 Å². The summed E-state index contributed by atoms with van der Waals surface area (Å²) in [7, 11) is 0. The van der Waals surface area contributed by atoms with Crippen LogP contribution in [0.2, 0.25) is 0 Å². The first-order valence-corrected chi connectivity index (χ1v) is 7.08. The summed E-state index contributed by atoms with van der Waals surface area (Å²) in [4.78, 5) is 23.3. The first-order valence-electron chi connectivity index (χ1n) is 7.08. The molecule has 0 aliphatic carbocycles. The second-order valence-corrected chi connectivity index (χ2v) is 6.76. The van der Waals surface area contributed by atoms with Gasteiger partial charge in [0.15, 0.2) is 5.78 Å². The highest BCUT2D eigenvalue weighted by Crippen LogP contribution is 2.26. The number of nitrogens with one attached hydrogen (secondary N) is 1. The Balaban J connectivity index is 2.58. The molecule has 1 atom stereocenters. The van der Waals surface area contributed by atoms with Crippen molar-refractivity contribution in [1.82, 2.24) is 0 Å². The highest BCUT2D eigenvalue weighted by Gasteiger charge is 2.17. The molecule has 0 heterocycles. The normalized spacial score (nSPS) is 12.8. The van der Waals surface area contributed by atoms with E-state index in [1.807, 2.05) is 0 Å². The third-order valence-corrected chi connectivity index (χ3v) is 3.05. The molecule has 3 nitrogen and oxygen atoms in total. The number of amides is 1. The van der Waals surface area contributed by atoms with E-state index < -0.39 is 0 Å². The molecule has 1 amide bonds. The topological polar surface area (TPSA) is 46.2 Å². The molecular formula is C17H25NO2. The molecule has 1 rings (SSSR count). The van der Waals surface area contributed by atoms with Crippen LogP contribution < -0.4 is 5.32 Å². The van der Waals surface area contributed by atoms with Crippen LogP contribution in [-0.4, -0.2) is 11.7 Å². The van der Waals surface area contributed by atoms with Crippen molar-refractivity contribution in [2.45, 2.75) is 47.5 Å². The van der Waals surface area contributed by atoms with Crippen LogP contribution in [0.15, 0.2) is 24.3 Å². The van der Waals surface area contributed by atoms with Gasteiger partial charge in [0.2, 0.25) is 5.91 Å². The van der Waals surface area contributed by atoms with Crippen LogP contribution in [0, 0.1) is 11.3 Å². The van der Waals surface area contributed by atoms with Crippen LogP contribution in [-0.2, 0) is 4.79 Å². The van der Waals surface area contributed by atoms with E-state index in [0.717, 1.165) is 6.42 Å². The Morgan fingerprint density at radius 1 is 1.25 bits per heavy atom. The smallest absolute Gasteiger partial charge is 0.224 e. The molecule has 0 bridgehead atoms. The van der Waals surface area contributed by atoms with E-state index in [1.165, 1.54) is 6.92 Å². The minimum atomic E-state index is 0.00204. The zero-order valence-electron chi connectivity index (χ0n) is 13.1. The molecule has 3 heteroatoms. The van der Waals surface area contributed by atoms with Crippen molar-refractivity contribution in [1.29, 1.82) is 0 Å². The lowest BCUT2D eigenvalue weighted by Gasteiger charge is -2.22. The van der Waals surface area contributed by atoms with E-state index in [0.29, 0.717) is 23.6 Å². The molecule has 1 N–H and O–H groups in total. The number of carbonyl (C=O) groups is 2. The Kier molecular flexibility index (Phi) is 5.49. The van der Waals surface area contributed by atoms with Gasteiger partial charge in [-0.25, -0.2) is 0 Å². The van der Waals surface area contributed by atoms with Crippen molar-refractivity contribution in [2.24, 2.45) is 11.3 Å². The summed E-state index contributed by atoms with van der Waals surface area (Å²) < 4.78 is 0. The number of rotatable bonds is 5. The van der Waals surface area contributed by atoms with E-state index in [1.54, 1.807) is 24.3 Å².